The van der Waals surface area contributed by atoms with Gasteiger partial charge in [0.1, 0.15) is 0 Å². The Kier molecular flexibility index (Phi) is 13.3. The molecule has 0 radical (unpaired) electrons. The van der Waals surface area contributed by atoms with E-state index in [9.17, 15) is 0 Å². The Bertz CT molecular complexity index is 440. The molecule has 0 saturated heterocycles. The van der Waals surface area contributed by atoms with Crippen molar-refractivity contribution in [3.8, 4) is 0 Å². The zero-order valence-electron chi connectivity index (χ0n) is 9.89. The quantitative estimate of drug-likeness (QED) is 0.419. The minimum Gasteiger partial charge on any atom is -1.00 e. The molecule has 0 aliphatic carbocycles. The largest absolute Gasteiger partial charge is 2.00 e. The van der Waals surface area contributed by atoms with Crippen LogP contribution in [0.5, 0.6) is 0 Å². The molecule has 102 valence electrons. The van der Waals surface area contributed by atoms with Crippen LogP contribution in [-0.2, 0) is 16.5 Å². The molecule has 0 unspecified atom stereocenters. The monoisotopic (exact) mass is 424 g/mol. The second-order valence-corrected chi connectivity index (χ2v) is 3.28. The van der Waals surface area contributed by atoms with Crippen LogP contribution in [0.1, 0.15) is 5.56 Å². The molecule has 0 heterocycles. The molecule has 2 rings (SSSR count). The van der Waals surface area contributed by atoms with Gasteiger partial charge < -0.3 is 34.0 Å². The molecule has 0 aliphatic rings. The van der Waals surface area contributed by atoms with E-state index in [1.54, 1.807) is 6.20 Å². The van der Waals surface area contributed by atoms with Gasteiger partial charge in [-0.1, -0.05) is 48.5 Å². The summed E-state index contributed by atoms with van der Waals surface area (Å²) in [7, 11) is 0. The maximum absolute atomic E-state index is 4.06. The van der Waals surface area contributed by atoms with Crippen LogP contribution in [-0.4, -0.2) is 0 Å². The van der Waals surface area contributed by atoms with Crippen molar-refractivity contribution in [3.05, 3.63) is 72.4 Å². The molecule has 2 aromatic carbocycles. The van der Waals surface area contributed by atoms with Crippen molar-refractivity contribution in [1.29, 1.82) is 0 Å². The van der Waals surface area contributed by atoms with Gasteiger partial charge >= 0.3 is 16.5 Å². The summed E-state index contributed by atoms with van der Waals surface area (Å²) in [5.74, 6) is 0. The van der Waals surface area contributed by atoms with E-state index in [4.69, 9.17) is 0 Å². The summed E-state index contributed by atoms with van der Waals surface area (Å²) in [6, 6.07) is 19.7. The summed E-state index contributed by atoms with van der Waals surface area (Å²) >= 11 is 0. The fourth-order valence-corrected chi connectivity index (χ4v) is 1.28. The van der Waals surface area contributed by atoms with E-state index in [0.29, 0.717) is 0 Å². The van der Waals surface area contributed by atoms with Gasteiger partial charge in [0.05, 0.1) is 11.9 Å². The molecule has 5 heteroatoms. The average Bonchev–Trinajstić information content (AvgIpc) is 2.37. The normalized spacial score (nSPS) is 9.47. The first-order chi connectivity index (χ1) is 7.95. The van der Waals surface area contributed by atoms with Crippen molar-refractivity contribution >= 4 is 11.8 Å². The third kappa shape index (κ3) is 8.09. The van der Waals surface area contributed by atoms with Gasteiger partial charge in [-0.3, -0.25) is 0 Å². The van der Waals surface area contributed by atoms with Crippen LogP contribution >= 0.6 is 0 Å². The van der Waals surface area contributed by atoms with Crippen LogP contribution in [0.4, 0.5) is 5.69 Å². The summed E-state index contributed by atoms with van der Waals surface area (Å²) in [6.07, 6.45) is 3.62. The zero-order valence-corrected chi connectivity index (χ0v) is 14.1. The maximum Gasteiger partial charge on any atom is 2.00 e. The molecule has 0 fully saturated rings. The summed E-state index contributed by atoms with van der Waals surface area (Å²) in [6.45, 7) is 0. The van der Waals surface area contributed by atoms with Crippen LogP contribution in [0.3, 0.4) is 0 Å². The second-order valence-electron chi connectivity index (χ2n) is 3.28. The van der Waals surface area contributed by atoms with Crippen molar-refractivity contribution in [3.63, 3.8) is 0 Å². The number of halogens is 2. The minimum absolute atomic E-state index is 0. The maximum atomic E-state index is 4.06. The predicted octanol–water partition coefficient (Wildman–Crippen LogP) is -1.55. The van der Waals surface area contributed by atoms with Gasteiger partial charge in [0.2, 0.25) is 0 Å². The van der Waals surface area contributed by atoms with E-state index in [1.165, 1.54) is 0 Å². The average molecular weight is 427 g/mol. The van der Waals surface area contributed by atoms with E-state index in [0.717, 1.165) is 11.3 Å². The molecule has 0 N–H and O–H groups in total. The Labute approximate surface area is 144 Å². The molecule has 0 amide bonds. The summed E-state index contributed by atoms with van der Waals surface area (Å²) in [5.41, 5.74) is 1.98. The Morgan fingerprint density at radius 2 is 1.26 bits per heavy atom. The van der Waals surface area contributed by atoms with Crippen molar-refractivity contribution in [1.82, 2.24) is 0 Å². The van der Waals surface area contributed by atoms with E-state index in [-0.39, 0.29) is 50.5 Å². The first-order valence-corrected chi connectivity index (χ1v) is 5.13. The molecule has 19 heavy (non-hydrogen) atoms. The first-order valence-electron chi connectivity index (χ1n) is 5.13. The fourth-order valence-electron chi connectivity index (χ4n) is 1.28. The Morgan fingerprint density at radius 1 is 0.737 bits per heavy atom. The summed E-state index contributed by atoms with van der Waals surface area (Å²) < 4.78 is 0. The van der Waals surface area contributed by atoms with E-state index in [2.05, 4.69) is 10.2 Å². The molecule has 0 bridgehead atoms. The van der Waals surface area contributed by atoms with Gasteiger partial charge in [0.15, 0.2) is 0 Å². The van der Waals surface area contributed by atoms with E-state index < -0.39 is 0 Å². The van der Waals surface area contributed by atoms with Gasteiger partial charge in [-0.05, 0) is 23.8 Å². The Morgan fingerprint density at radius 3 is 1.84 bits per heavy atom. The van der Waals surface area contributed by atoms with Crippen molar-refractivity contribution < 1.29 is 50.5 Å². The van der Waals surface area contributed by atoms with Crippen molar-refractivity contribution in [2.24, 2.45) is 10.2 Å². The minimum atomic E-state index is 0. The summed E-state index contributed by atoms with van der Waals surface area (Å²) in [5, 5.41) is 8.04. The second kappa shape index (κ2) is 12.3. The predicted molar refractivity (Wildman–Crippen MR) is 66.4 cm³/mol. The van der Waals surface area contributed by atoms with Gasteiger partial charge in [-0.15, -0.1) is 0 Å². The molecule has 2 nitrogen and oxygen atoms in total. The van der Waals surface area contributed by atoms with Crippen molar-refractivity contribution in [2.75, 3.05) is 0 Å². The summed E-state index contributed by atoms with van der Waals surface area (Å²) in [4.78, 5) is 0. The van der Waals surface area contributed by atoms with Crippen molar-refractivity contribution in [2.45, 2.75) is 0 Å². The van der Waals surface area contributed by atoms with E-state index in [1.807, 2.05) is 66.7 Å². The van der Waals surface area contributed by atoms with Gasteiger partial charge in [0, 0.05) is 0 Å². The molecule has 0 aliphatic heterocycles. The van der Waals surface area contributed by atoms with Gasteiger partial charge in [-0.2, -0.15) is 10.2 Å². The van der Waals surface area contributed by atoms with Crippen LogP contribution < -0.4 is 34.0 Å². The number of hydrogen-bond donors (Lipinski definition) is 0. The Balaban J connectivity index is 0. The molecule has 0 atom stereocenters. The van der Waals surface area contributed by atoms with E-state index >= 15 is 0 Å². The molecular formula is C14H12Br2N2Ni. The zero-order chi connectivity index (χ0) is 11.1. The number of hydrogen-bond acceptors (Lipinski definition) is 2. The number of nitrogens with zero attached hydrogens (tertiary/aromatic N) is 2. The fraction of sp³-hybridized carbons (Fsp3) is 0. The molecule has 0 saturated carbocycles. The van der Waals surface area contributed by atoms with Crippen LogP contribution in [0.15, 0.2) is 77.1 Å². The number of azo groups is 1. The molecule has 2 aromatic rings. The van der Waals surface area contributed by atoms with Gasteiger partial charge in [-0.25, -0.2) is 0 Å². The Hall–Kier alpha value is -0.766. The molecule has 0 aromatic heterocycles. The van der Waals surface area contributed by atoms with Crippen LogP contribution in [0, 0.1) is 0 Å². The molecule has 0 spiro atoms. The number of rotatable bonds is 3. The van der Waals surface area contributed by atoms with Gasteiger partial charge in [0.25, 0.3) is 0 Å². The van der Waals surface area contributed by atoms with Crippen LogP contribution in [0.2, 0.25) is 0 Å². The SMILES string of the molecule is C(=Cc1ccccc1)N=Nc1ccccc1.[Br-].[Br-].[Ni+2]. The van der Waals surface area contributed by atoms with Crippen LogP contribution in [0.25, 0.3) is 6.08 Å². The topological polar surface area (TPSA) is 24.7 Å². The third-order valence-electron chi connectivity index (χ3n) is 2.06. The first kappa shape index (κ1) is 20.5. The number of benzene rings is 2. The molecular weight excluding hydrogens is 415 g/mol. The standard InChI is InChI=1S/C14H12N2.2BrH.Ni/c1-3-7-13(8-4-1)11-12-15-16-14-9-5-2-6-10-14;;;/h1-12H;2*1H;/q;;;+2/p-2. The smallest absolute Gasteiger partial charge is 1.00 e. The third-order valence-corrected chi connectivity index (χ3v) is 2.06.